The molecule has 0 unspecified atom stereocenters. The minimum Gasteiger partial charge on any atom is -0.484 e. The molecule has 0 radical (unpaired) electrons. The number of rotatable bonds is 10. The Morgan fingerprint density at radius 3 is 2.69 bits per heavy atom. The van der Waals surface area contributed by atoms with Gasteiger partial charge in [0.15, 0.2) is 11.7 Å². The smallest absolute Gasteiger partial charge is 0.260 e. The average molecular weight is 396 g/mol. The molecule has 0 bridgehead atoms. The van der Waals surface area contributed by atoms with Crippen LogP contribution in [0.25, 0.3) is 0 Å². The van der Waals surface area contributed by atoms with Crippen molar-refractivity contribution in [2.75, 3.05) is 25.0 Å². The van der Waals surface area contributed by atoms with Crippen LogP contribution in [-0.4, -0.2) is 41.4 Å². The number of nitrogens with one attached hydrogen (secondary N) is 1. The van der Waals surface area contributed by atoms with E-state index in [9.17, 15) is 9.59 Å². The van der Waals surface area contributed by atoms with E-state index in [2.05, 4.69) is 17.2 Å². The van der Waals surface area contributed by atoms with E-state index in [1.165, 1.54) is 16.2 Å². The lowest BCUT2D eigenvalue weighted by atomic mass is 10.2. The van der Waals surface area contributed by atoms with Crippen molar-refractivity contribution < 1.29 is 14.3 Å². The predicted molar refractivity (Wildman–Crippen MR) is 104 cm³/mol. The summed E-state index contributed by atoms with van der Waals surface area (Å²) in [4.78, 5) is 30.2. The lowest BCUT2D eigenvalue weighted by Crippen LogP contribution is -2.41. The van der Waals surface area contributed by atoms with Crippen molar-refractivity contribution in [3.05, 3.63) is 40.9 Å². The Balaban J connectivity index is 1.89. The van der Waals surface area contributed by atoms with Crippen LogP contribution < -0.4 is 10.1 Å². The molecule has 0 aliphatic carbocycles. The fourth-order valence-electron chi connectivity index (χ4n) is 2.23. The number of halogens is 1. The number of thiazole rings is 1. The van der Waals surface area contributed by atoms with Crippen LogP contribution in [0.15, 0.2) is 35.8 Å². The summed E-state index contributed by atoms with van der Waals surface area (Å²) in [6.07, 6.45) is 4.49. The molecular weight excluding hydrogens is 374 g/mol. The van der Waals surface area contributed by atoms with Gasteiger partial charge in [0.05, 0.1) is 0 Å². The molecule has 0 aliphatic rings. The van der Waals surface area contributed by atoms with E-state index < -0.39 is 0 Å². The number of carbonyl (C=O) groups is 2. The Hall–Kier alpha value is -2.12. The molecule has 26 heavy (non-hydrogen) atoms. The topological polar surface area (TPSA) is 71.5 Å². The van der Waals surface area contributed by atoms with Crippen LogP contribution in [0.1, 0.15) is 26.2 Å². The number of benzene rings is 1. The predicted octanol–water partition coefficient (Wildman–Crippen LogP) is 3.83. The van der Waals surface area contributed by atoms with Gasteiger partial charge in [0, 0.05) is 23.1 Å². The number of hydrogen-bond donors (Lipinski definition) is 1. The molecule has 2 amide bonds. The summed E-state index contributed by atoms with van der Waals surface area (Å²) in [6.45, 7) is 2.46. The van der Waals surface area contributed by atoms with Crippen molar-refractivity contribution in [2.45, 2.75) is 26.2 Å². The molecule has 2 rings (SSSR count). The molecule has 1 N–H and O–H groups in total. The third kappa shape index (κ3) is 7.01. The second-order valence-electron chi connectivity index (χ2n) is 5.65. The van der Waals surface area contributed by atoms with Gasteiger partial charge in [0.25, 0.3) is 5.91 Å². The zero-order valence-corrected chi connectivity index (χ0v) is 16.2. The van der Waals surface area contributed by atoms with E-state index in [-0.39, 0.29) is 25.0 Å². The first-order valence-electron chi connectivity index (χ1n) is 8.44. The average Bonchev–Trinajstić information content (AvgIpc) is 3.13. The van der Waals surface area contributed by atoms with Gasteiger partial charge in [-0.15, -0.1) is 11.3 Å². The summed E-state index contributed by atoms with van der Waals surface area (Å²) in [7, 11) is 0. The summed E-state index contributed by atoms with van der Waals surface area (Å²) in [5.74, 6) is 0.0603. The molecule has 0 atom stereocenters. The maximum Gasteiger partial charge on any atom is 0.260 e. The van der Waals surface area contributed by atoms with Crippen LogP contribution in [0.4, 0.5) is 5.13 Å². The van der Waals surface area contributed by atoms with Crippen molar-refractivity contribution >= 4 is 39.9 Å². The minimum absolute atomic E-state index is 0.0217. The summed E-state index contributed by atoms with van der Waals surface area (Å²) in [6, 6.07) is 6.79. The lowest BCUT2D eigenvalue weighted by molar-refractivity contribution is -0.136. The zero-order valence-electron chi connectivity index (χ0n) is 14.6. The highest BCUT2D eigenvalue weighted by Crippen LogP contribution is 2.15. The lowest BCUT2D eigenvalue weighted by Gasteiger charge is -2.22. The number of amides is 2. The fraction of sp³-hybridized carbons (Fsp3) is 0.389. The monoisotopic (exact) mass is 395 g/mol. The fourth-order valence-corrected chi connectivity index (χ4v) is 2.90. The van der Waals surface area contributed by atoms with Gasteiger partial charge in [-0.1, -0.05) is 31.4 Å². The first-order chi connectivity index (χ1) is 12.6. The van der Waals surface area contributed by atoms with Crippen molar-refractivity contribution in [3.63, 3.8) is 0 Å². The molecule has 0 saturated heterocycles. The molecule has 140 valence electrons. The van der Waals surface area contributed by atoms with Gasteiger partial charge in [-0.2, -0.15) is 0 Å². The molecular formula is C18H22ClN3O3S. The number of hydrogen-bond acceptors (Lipinski definition) is 5. The van der Waals surface area contributed by atoms with E-state index >= 15 is 0 Å². The summed E-state index contributed by atoms with van der Waals surface area (Å²) >= 11 is 7.17. The van der Waals surface area contributed by atoms with Crippen molar-refractivity contribution in [1.82, 2.24) is 9.88 Å². The zero-order chi connectivity index (χ0) is 18.8. The quantitative estimate of drug-likeness (QED) is 0.620. The highest BCUT2D eigenvalue weighted by Gasteiger charge is 2.18. The van der Waals surface area contributed by atoms with Crippen LogP contribution in [0.3, 0.4) is 0 Å². The van der Waals surface area contributed by atoms with Crippen LogP contribution in [-0.2, 0) is 9.59 Å². The maximum absolute atomic E-state index is 12.5. The first kappa shape index (κ1) is 20.2. The summed E-state index contributed by atoms with van der Waals surface area (Å²) in [5, 5.41) is 5.60. The Kier molecular flexibility index (Phi) is 8.37. The molecule has 0 saturated carbocycles. The maximum atomic E-state index is 12.5. The number of unbranched alkanes of at least 4 members (excludes halogenated alkanes) is 2. The molecule has 0 spiro atoms. The molecule has 6 nitrogen and oxygen atoms in total. The standard InChI is InChI=1S/C18H22ClN3O3S/c1-2-3-4-10-22(12-16(23)21-18-20-9-11-26-18)17(24)13-25-15-7-5-14(19)6-8-15/h5-9,11H,2-4,10,12-13H2,1H3,(H,20,21,23). The number of carbonyl (C=O) groups excluding carboxylic acids is 2. The highest BCUT2D eigenvalue weighted by atomic mass is 35.5. The van der Waals surface area contributed by atoms with Crippen LogP contribution in [0.5, 0.6) is 5.75 Å². The van der Waals surface area contributed by atoms with Gasteiger partial charge in [0.2, 0.25) is 5.91 Å². The highest BCUT2D eigenvalue weighted by molar-refractivity contribution is 7.13. The van der Waals surface area contributed by atoms with Gasteiger partial charge < -0.3 is 15.0 Å². The Bertz CT molecular complexity index is 692. The summed E-state index contributed by atoms with van der Waals surface area (Å²) < 4.78 is 5.51. The SMILES string of the molecule is CCCCCN(CC(=O)Nc1nccs1)C(=O)COc1ccc(Cl)cc1. The molecule has 0 fully saturated rings. The third-order valence-corrected chi connectivity index (χ3v) is 4.51. The van der Waals surface area contributed by atoms with Gasteiger partial charge >= 0.3 is 0 Å². The Morgan fingerprint density at radius 1 is 1.27 bits per heavy atom. The molecule has 1 aromatic heterocycles. The van der Waals surface area contributed by atoms with Crippen LogP contribution >= 0.6 is 22.9 Å². The third-order valence-electron chi connectivity index (χ3n) is 3.57. The van der Waals surface area contributed by atoms with Gasteiger partial charge in [-0.05, 0) is 30.7 Å². The Morgan fingerprint density at radius 2 is 2.04 bits per heavy atom. The molecule has 8 heteroatoms. The van der Waals surface area contributed by atoms with Crippen LogP contribution in [0.2, 0.25) is 5.02 Å². The molecule has 1 aromatic carbocycles. The van der Waals surface area contributed by atoms with Crippen molar-refractivity contribution in [2.24, 2.45) is 0 Å². The van der Waals surface area contributed by atoms with Gasteiger partial charge in [-0.25, -0.2) is 4.98 Å². The number of aromatic nitrogens is 1. The van der Waals surface area contributed by atoms with E-state index in [1.54, 1.807) is 35.8 Å². The number of nitrogens with zero attached hydrogens (tertiary/aromatic N) is 2. The van der Waals surface area contributed by atoms with Gasteiger partial charge in [-0.3, -0.25) is 9.59 Å². The van der Waals surface area contributed by atoms with Gasteiger partial charge in [0.1, 0.15) is 12.3 Å². The minimum atomic E-state index is -0.267. The number of ether oxygens (including phenoxy) is 1. The number of anilines is 1. The van der Waals surface area contributed by atoms with Crippen molar-refractivity contribution in [3.8, 4) is 5.75 Å². The van der Waals surface area contributed by atoms with E-state index in [1.807, 2.05) is 0 Å². The molecule has 0 aliphatic heterocycles. The molecule has 2 aromatic rings. The Labute approximate surface area is 162 Å². The van der Waals surface area contributed by atoms with Crippen molar-refractivity contribution in [1.29, 1.82) is 0 Å². The van der Waals surface area contributed by atoms with Crippen LogP contribution in [0, 0.1) is 0 Å². The van der Waals surface area contributed by atoms with E-state index in [4.69, 9.17) is 16.3 Å². The first-order valence-corrected chi connectivity index (χ1v) is 9.69. The molecule has 1 heterocycles. The summed E-state index contributed by atoms with van der Waals surface area (Å²) in [5.41, 5.74) is 0. The van der Waals surface area contributed by atoms with E-state index in [0.717, 1.165) is 19.3 Å². The largest absolute Gasteiger partial charge is 0.484 e. The second kappa shape index (κ2) is 10.8. The normalized spacial score (nSPS) is 10.4. The second-order valence-corrected chi connectivity index (χ2v) is 6.98. The van der Waals surface area contributed by atoms with E-state index in [0.29, 0.717) is 22.4 Å².